The topological polar surface area (TPSA) is 95.9 Å². The average molecular weight is 395 g/mol. The van der Waals surface area contributed by atoms with Gasteiger partial charge in [-0.1, -0.05) is 11.6 Å². The van der Waals surface area contributed by atoms with Gasteiger partial charge in [0, 0.05) is 49.2 Å². The number of ether oxygens (including phenoxy) is 1. The summed E-state index contributed by atoms with van der Waals surface area (Å²) in [4.78, 5) is 37.9. The summed E-state index contributed by atoms with van der Waals surface area (Å²) in [5, 5.41) is 13.0. The molecule has 27 heavy (non-hydrogen) atoms. The first-order valence-electron chi connectivity index (χ1n) is 9.05. The maximum Gasteiger partial charge on any atom is 0.311 e. The van der Waals surface area contributed by atoms with Crippen LogP contribution in [0.3, 0.4) is 0 Å². The monoisotopic (exact) mass is 394 g/mol. The van der Waals surface area contributed by atoms with E-state index in [0.717, 1.165) is 0 Å². The molecule has 2 aliphatic rings. The van der Waals surface area contributed by atoms with E-state index < -0.39 is 11.4 Å². The molecule has 8 heteroatoms. The van der Waals surface area contributed by atoms with Crippen LogP contribution in [0.15, 0.2) is 24.3 Å². The molecule has 0 aliphatic carbocycles. The van der Waals surface area contributed by atoms with Gasteiger partial charge in [0.1, 0.15) is 0 Å². The number of nitrogens with zero attached hydrogens (tertiary/aromatic N) is 1. The lowest BCUT2D eigenvalue weighted by Gasteiger charge is -2.33. The number of carboxylic acid groups (broad SMARTS) is 1. The third-order valence-electron chi connectivity index (χ3n) is 5.44. The second kappa shape index (κ2) is 8.27. The molecular formula is C19H23ClN2O5. The Hall–Kier alpha value is -2.12. The number of likely N-dealkylation sites (tertiary alicyclic amines) is 1. The van der Waals surface area contributed by atoms with Crippen LogP contribution in [0.25, 0.3) is 0 Å². The van der Waals surface area contributed by atoms with Crippen molar-refractivity contribution >= 4 is 29.4 Å². The van der Waals surface area contributed by atoms with E-state index in [1.54, 1.807) is 29.2 Å². The Kier molecular flexibility index (Phi) is 6.01. The Bertz CT molecular complexity index is 723. The first-order chi connectivity index (χ1) is 12.9. The quantitative estimate of drug-likeness (QED) is 0.717. The number of benzene rings is 1. The Morgan fingerprint density at radius 3 is 2.70 bits per heavy atom. The summed E-state index contributed by atoms with van der Waals surface area (Å²) >= 11 is 5.80. The summed E-state index contributed by atoms with van der Waals surface area (Å²) in [6, 6.07) is 6.58. The summed E-state index contributed by atoms with van der Waals surface area (Å²) < 4.78 is 5.40. The van der Waals surface area contributed by atoms with Crippen LogP contribution < -0.4 is 5.32 Å². The van der Waals surface area contributed by atoms with Gasteiger partial charge in [-0.2, -0.15) is 0 Å². The number of rotatable bonds is 6. The van der Waals surface area contributed by atoms with Crippen LogP contribution in [0.5, 0.6) is 0 Å². The van der Waals surface area contributed by atoms with Gasteiger partial charge in [-0.15, -0.1) is 0 Å². The Balaban J connectivity index is 1.45. The van der Waals surface area contributed by atoms with Crippen LogP contribution in [0, 0.1) is 11.3 Å². The van der Waals surface area contributed by atoms with E-state index in [9.17, 15) is 19.5 Å². The van der Waals surface area contributed by atoms with Gasteiger partial charge in [0.05, 0.1) is 12.0 Å². The minimum Gasteiger partial charge on any atom is -0.481 e. The van der Waals surface area contributed by atoms with Gasteiger partial charge in [-0.05, 0) is 37.1 Å². The van der Waals surface area contributed by atoms with Crippen molar-refractivity contribution in [1.29, 1.82) is 0 Å². The smallest absolute Gasteiger partial charge is 0.311 e. The van der Waals surface area contributed by atoms with Gasteiger partial charge in [-0.25, -0.2) is 0 Å². The fraction of sp³-hybridized carbons (Fsp3) is 0.526. The summed E-state index contributed by atoms with van der Waals surface area (Å²) in [6.07, 6.45) is 1.20. The largest absolute Gasteiger partial charge is 0.481 e. The molecule has 1 aromatic rings. The molecule has 0 aromatic heterocycles. The van der Waals surface area contributed by atoms with Crippen molar-refractivity contribution < 1.29 is 24.2 Å². The highest BCUT2D eigenvalue weighted by atomic mass is 35.5. The van der Waals surface area contributed by atoms with Crippen LogP contribution >= 0.6 is 11.6 Å². The highest BCUT2D eigenvalue weighted by molar-refractivity contribution is 6.30. The molecule has 1 aromatic carbocycles. The summed E-state index contributed by atoms with van der Waals surface area (Å²) in [5.41, 5.74) is -0.366. The number of aliphatic carboxylic acids is 1. The van der Waals surface area contributed by atoms with E-state index in [0.29, 0.717) is 49.7 Å². The molecule has 0 bridgehead atoms. The molecule has 0 spiro atoms. The molecule has 2 fully saturated rings. The number of carboxylic acids is 1. The normalized spacial score (nSPS) is 24.3. The van der Waals surface area contributed by atoms with Crippen molar-refractivity contribution in [2.75, 3.05) is 32.8 Å². The first kappa shape index (κ1) is 19.6. The van der Waals surface area contributed by atoms with E-state index in [2.05, 4.69) is 5.32 Å². The third kappa shape index (κ3) is 4.25. The van der Waals surface area contributed by atoms with Crippen molar-refractivity contribution in [1.82, 2.24) is 10.2 Å². The summed E-state index contributed by atoms with van der Waals surface area (Å²) in [5.74, 6) is -1.29. The predicted molar refractivity (Wildman–Crippen MR) is 98.6 cm³/mol. The van der Waals surface area contributed by atoms with E-state index in [1.807, 2.05) is 0 Å². The lowest BCUT2D eigenvalue weighted by Crippen LogP contribution is -2.45. The number of carbonyl (C=O) groups is 3. The molecule has 0 radical (unpaired) electrons. The second-order valence-electron chi connectivity index (χ2n) is 7.12. The number of nitrogens with one attached hydrogen (secondary N) is 1. The molecule has 2 saturated heterocycles. The Morgan fingerprint density at radius 2 is 2.04 bits per heavy atom. The molecular weight excluding hydrogens is 372 g/mol. The van der Waals surface area contributed by atoms with Crippen LogP contribution in [-0.2, 0) is 14.3 Å². The molecule has 2 heterocycles. The number of amides is 2. The molecule has 2 amide bonds. The molecule has 0 unspecified atom stereocenters. The molecule has 2 atom stereocenters. The standard InChI is InChI=1S/C19H23ClN2O5/c20-15-5-3-13(4-6-15)17(24)21-8-1-2-16(23)22-10-14-11-27-9-7-19(14,12-22)18(25)26/h3-6,14H,1-2,7-12H2,(H,21,24)(H,25,26)/t14-,19+/m0/s1. The zero-order chi connectivity index (χ0) is 19.4. The third-order valence-corrected chi connectivity index (χ3v) is 5.70. The van der Waals surface area contributed by atoms with E-state index in [4.69, 9.17) is 16.3 Å². The van der Waals surface area contributed by atoms with Gasteiger partial charge >= 0.3 is 5.97 Å². The zero-order valence-corrected chi connectivity index (χ0v) is 15.7. The average Bonchev–Trinajstić information content (AvgIpc) is 3.07. The van der Waals surface area contributed by atoms with Crippen molar-refractivity contribution in [2.24, 2.45) is 11.3 Å². The van der Waals surface area contributed by atoms with Crippen LogP contribution in [0.2, 0.25) is 5.02 Å². The maximum atomic E-state index is 12.5. The maximum absolute atomic E-state index is 12.5. The molecule has 3 rings (SSSR count). The Morgan fingerprint density at radius 1 is 1.30 bits per heavy atom. The molecule has 2 N–H and O–H groups in total. The number of hydrogen-bond donors (Lipinski definition) is 2. The zero-order valence-electron chi connectivity index (χ0n) is 14.9. The van der Waals surface area contributed by atoms with Crippen molar-refractivity contribution in [3.05, 3.63) is 34.9 Å². The molecule has 146 valence electrons. The van der Waals surface area contributed by atoms with E-state index in [-0.39, 0.29) is 30.7 Å². The minimum absolute atomic E-state index is 0.0780. The fourth-order valence-electron chi connectivity index (χ4n) is 3.79. The van der Waals surface area contributed by atoms with Crippen molar-refractivity contribution in [2.45, 2.75) is 19.3 Å². The number of carbonyl (C=O) groups excluding carboxylic acids is 2. The fourth-order valence-corrected chi connectivity index (χ4v) is 3.92. The molecule has 2 aliphatic heterocycles. The highest BCUT2D eigenvalue weighted by Crippen LogP contribution is 2.42. The van der Waals surface area contributed by atoms with Gasteiger partial charge in [0.15, 0.2) is 0 Å². The molecule has 0 saturated carbocycles. The van der Waals surface area contributed by atoms with E-state index in [1.165, 1.54) is 0 Å². The van der Waals surface area contributed by atoms with Gasteiger partial charge in [-0.3, -0.25) is 14.4 Å². The molecule has 7 nitrogen and oxygen atoms in total. The van der Waals surface area contributed by atoms with Crippen LogP contribution in [0.4, 0.5) is 0 Å². The van der Waals surface area contributed by atoms with Gasteiger partial charge < -0.3 is 20.1 Å². The van der Waals surface area contributed by atoms with Crippen molar-refractivity contribution in [3.63, 3.8) is 0 Å². The lowest BCUT2D eigenvalue weighted by atomic mass is 9.74. The van der Waals surface area contributed by atoms with Crippen molar-refractivity contribution in [3.8, 4) is 0 Å². The van der Waals surface area contributed by atoms with Gasteiger partial charge in [0.25, 0.3) is 5.91 Å². The SMILES string of the molecule is O=C(NCCCC(=O)N1C[C@H]2COCC[C@@]2(C(=O)O)C1)c1ccc(Cl)cc1. The Labute approximate surface area is 162 Å². The lowest BCUT2D eigenvalue weighted by molar-refractivity contribution is -0.157. The first-order valence-corrected chi connectivity index (χ1v) is 9.43. The van der Waals surface area contributed by atoms with Crippen LogP contribution in [-0.4, -0.2) is 60.6 Å². The summed E-state index contributed by atoms with van der Waals surface area (Å²) in [7, 11) is 0. The highest BCUT2D eigenvalue weighted by Gasteiger charge is 2.54. The van der Waals surface area contributed by atoms with Gasteiger partial charge in [0.2, 0.25) is 5.91 Å². The minimum atomic E-state index is -0.878. The van der Waals surface area contributed by atoms with E-state index >= 15 is 0 Å². The summed E-state index contributed by atoms with van der Waals surface area (Å²) in [6.45, 7) is 1.83. The van der Waals surface area contributed by atoms with Crippen LogP contribution in [0.1, 0.15) is 29.6 Å². The number of halogens is 1. The number of fused-ring (bicyclic) bond motifs is 1. The number of hydrogen-bond acceptors (Lipinski definition) is 4. The predicted octanol–water partition coefficient (Wildman–Crippen LogP) is 1.80. The second-order valence-corrected chi connectivity index (χ2v) is 7.56.